The van der Waals surface area contributed by atoms with Gasteiger partial charge in [0, 0.05) is 9.89 Å². The SMILES string of the molecule is COc1cc(/C=N\NC(=O)[C@@H]2CC2(c2ccccc2)c2ccccc2)ccc1OC(=O)c1ccc(Br)cc1. The van der Waals surface area contributed by atoms with Crippen molar-refractivity contribution in [2.24, 2.45) is 11.0 Å². The molecule has 1 amide bonds. The van der Waals surface area contributed by atoms with E-state index in [0.717, 1.165) is 15.6 Å². The number of ether oxygens (including phenoxy) is 2. The van der Waals surface area contributed by atoms with Gasteiger partial charge < -0.3 is 9.47 Å². The molecule has 4 aromatic rings. The molecule has 0 unspecified atom stereocenters. The maximum absolute atomic E-state index is 13.1. The zero-order chi connectivity index (χ0) is 26.5. The number of benzene rings is 4. The Hall–Kier alpha value is -4.23. The summed E-state index contributed by atoms with van der Waals surface area (Å²) in [5, 5.41) is 4.19. The zero-order valence-electron chi connectivity index (χ0n) is 20.6. The van der Waals surface area contributed by atoms with Crippen LogP contribution in [0.25, 0.3) is 0 Å². The molecule has 0 spiro atoms. The Kier molecular flexibility index (Phi) is 7.38. The molecule has 1 fully saturated rings. The summed E-state index contributed by atoms with van der Waals surface area (Å²) in [6, 6.07) is 32.2. The summed E-state index contributed by atoms with van der Waals surface area (Å²) >= 11 is 3.35. The minimum absolute atomic E-state index is 0.138. The second-order valence-electron chi connectivity index (χ2n) is 9.00. The van der Waals surface area contributed by atoms with Crippen molar-refractivity contribution >= 4 is 34.0 Å². The molecule has 1 aliphatic rings. The van der Waals surface area contributed by atoms with Crippen LogP contribution in [0.3, 0.4) is 0 Å². The predicted molar refractivity (Wildman–Crippen MR) is 150 cm³/mol. The number of rotatable bonds is 8. The summed E-state index contributed by atoms with van der Waals surface area (Å²) in [6.07, 6.45) is 2.25. The van der Waals surface area contributed by atoms with Gasteiger partial charge in [0.2, 0.25) is 5.91 Å². The van der Waals surface area contributed by atoms with Crippen molar-refractivity contribution in [3.8, 4) is 11.5 Å². The third-order valence-corrected chi connectivity index (χ3v) is 7.24. The van der Waals surface area contributed by atoms with E-state index in [0.29, 0.717) is 23.3 Å². The number of hydrazone groups is 1. The monoisotopic (exact) mass is 568 g/mol. The van der Waals surface area contributed by atoms with Crippen molar-refractivity contribution in [2.45, 2.75) is 11.8 Å². The third kappa shape index (κ3) is 5.24. The van der Waals surface area contributed by atoms with Crippen molar-refractivity contribution < 1.29 is 19.1 Å². The molecule has 1 atom stereocenters. The van der Waals surface area contributed by atoms with Crippen LogP contribution in [0.4, 0.5) is 0 Å². The fraction of sp³-hybridized carbons (Fsp3) is 0.129. The molecule has 190 valence electrons. The fourth-order valence-corrected chi connectivity index (χ4v) is 4.96. The van der Waals surface area contributed by atoms with Crippen molar-refractivity contribution in [3.63, 3.8) is 0 Å². The molecule has 1 N–H and O–H groups in total. The lowest BCUT2D eigenvalue weighted by atomic mass is 9.85. The molecule has 38 heavy (non-hydrogen) atoms. The van der Waals surface area contributed by atoms with Crippen molar-refractivity contribution in [1.82, 2.24) is 5.43 Å². The second-order valence-corrected chi connectivity index (χ2v) is 9.92. The van der Waals surface area contributed by atoms with Gasteiger partial charge >= 0.3 is 5.97 Å². The van der Waals surface area contributed by atoms with Gasteiger partial charge in [0.15, 0.2) is 11.5 Å². The first-order valence-corrected chi connectivity index (χ1v) is 12.9. The lowest BCUT2D eigenvalue weighted by molar-refractivity contribution is -0.122. The molecule has 7 heteroatoms. The summed E-state index contributed by atoms with van der Waals surface area (Å²) in [5.41, 5.74) is 5.68. The molecule has 0 aromatic heterocycles. The first-order chi connectivity index (χ1) is 18.5. The van der Waals surface area contributed by atoms with Gasteiger partial charge in [-0.1, -0.05) is 76.6 Å². The minimum Gasteiger partial charge on any atom is -0.493 e. The standard InChI is InChI=1S/C31H25BrN2O4/c1-37-28-18-21(12-17-27(28)38-30(36)22-13-15-25(32)16-14-22)20-33-34-29(35)26-19-31(26,23-8-4-2-5-9-23)24-10-6-3-7-11-24/h2-18,20,26H,19H2,1H3,(H,34,35)/b33-20-/t26-/m0/s1. The molecule has 5 rings (SSSR count). The van der Waals surface area contributed by atoms with E-state index in [1.165, 1.54) is 13.3 Å². The van der Waals surface area contributed by atoms with E-state index in [2.05, 4.69) is 50.7 Å². The van der Waals surface area contributed by atoms with Crippen LogP contribution in [-0.2, 0) is 10.2 Å². The van der Waals surface area contributed by atoms with Crippen LogP contribution in [0.15, 0.2) is 113 Å². The number of amides is 1. The average Bonchev–Trinajstić information content (AvgIpc) is 3.72. The highest BCUT2D eigenvalue weighted by molar-refractivity contribution is 9.10. The number of hydrogen-bond donors (Lipinski definition) is 1. The lowest BCUT2D eigenvalue weighted by Crippen LogP contribution is -2.25. The van der Waals surface area contributed by atoms with Gasteiger partial charge in [-0.05, 0) is 65.6 Å². The first kappa shape index (κ1) is 25.4. The minimum atomic E-state index is -0.491. The highest BCUT2D eigenvalue weighted by Gasteiger charge is 2.60. The number of methoxy groups -OCH3 is 1. The van der Waals surface area contributed by atoms with E-state index >= 15 is 0 Å². The van der Waals surface area contributed by atoms with Crippen LogP contribution in [0.2, 0.25) is 0 Å². The maximum atomic E-state index is 13.1. The van der Waals surface area contributed by atoms with Gasteiger partial charge in [-0.2, -0.15) is 5.10 Å². The van der Waals surface area contributed by atoms with Crippen molar-refractivity contribution in [3.05, 3.63) is 130 Å². The largest absolute Gasteiger partial charge is 0.493 e. The van der Waals surface area contributed by atoms with Crippen molar-refractivity contribution in [1.29, 1.82) is 0 Å². The van der Waals surface area contributed by atoms with Gasteiger partial charge in [-0.3, -0.25) is 4.79 Å². The molecule has 0 bridgehead atoms. The van der Waals surface area contributed by atoms with E-state index < -0.39 is 5.97 Å². The Morgan fingerprint density at radius 1 is 0.895 bits per heavy atom. The molecular formula is C31H25BrN2O4. The summed E-state index contributed by atoms with van der Waals surface area (Å²) < 4.78 is 11.8. The van der Waals surface area contributed by atoms with Crippen LogP contribution >= 0.6 is 15.9 Å². The molecule has 1 aliphatic carbocycles. The number of hydrogen-bond acceptors (Lipinski definition) is 5. The first-order valence-electron chi connectivity index (χ1n) is 12.1. The second kappa shape index (κ2) is 11.0. The van der Waals surface area contributed by atoms with Crippen LogP contribution in [0.5, 0.6) is 11.5 Å². The van der Waals surface area contributed by atoms with E-state index in [1.54, 1.807) is 42.5 Å². The smallest absolute Gasteiger partial charge is 0.343 e. The molecule has 1 saturated carbocycles. The number of halogens is 1. The number of carbonyl (C=O) groups excluding carboxylic acids is 2. The maximum Gasteiger partial charge on any atom is 0.343 e. The average molecular weight is 569 g/mol. The molecule has 0 heterocycles. The molecule has 0 saturated heterocycles. The highest BCUT2D eigenvalue weighted by atomic mass is 79.9. The van der Waals surface area contributed by atoms with Gasteiger partial charge in [0.25, 0.3) is 0 Å². The summed E-state index contributed by atoms with van der Waals surface area (Å²) in [6.45, 7) is 0. The zero-order valence-corrected chi connectivity index (χ0v) is 22.2. The van der Waals surface area contributed by atoms with Gasteiger partial charge in [-0.25, -0.2) is 10.2 Å². The van der Waals surface area contributed by atoms with Gasteiger partial charge in [-0.15, -0.1) is 0 Å². The third-order valence-electron chi connectivity index (χ3n) is 6.71. The van der Waals surface area contributed by atoms with Crippen LogP contribution in [0.1, 0.15) is 33.5 Å². The lowest BCUT2D eigenvalue weighted by Gasteiger charge is -2.18. The van der Waals surface area contributed by atoms with Crippen LogP contribution in [0, 0.1) is 5.92 Å². The number of nitrogens with zero attached hydrogens (tertiary/aromatic N) is 1. The van der Waals surface area contributed by atoms with Crippen LogP contribution in [-0.4, -0.2) is 25.2 Å². The molecule has 4 aromatic carbocycles. The molecular weight excluding hydrogens is 544 g/mol. The normalized spacial score (nSPS) is 15.6. The Morgan fingerprint density at radius 2 is 1.53 bits per heavy atom. The highest BCUT2D eigenvalue weighted by Crippen LogP contribution is 2.58. The van der Waals surface area contributed by atoms with Gasteiger partial charge in [0.1, 0.15) is 0 Å². The van der Waals surface area contributed by atoms with Crippen molar-refractivity contribution in [2.75, 3.05) is 7.11 Å². The van der Waals surface area contributed by atoms with Crippen LogP contribution < -0.4 is 14.9 Å². The Labute approximate surface area is 229 Å². The van der Waals surface area contributed by atoms with E-state index in [-0.39, 0.29) is 23.0 Å². The van der Waals surface area contributed by atoms with E-state index in [1.807, 2.05) is 36.4 Å². The number of carbonyl (C=O) groups is 2. The number of nitrogens with one attached hydrogen (secondary N) is 1. The summed E-state index contributed by atoms with van der Waals surface area (Å²) in [4.78, 5) is 25.6. The summed E-state index contributed by atoms with van der Waals surface area (Å²) in [5.74, 6) is -0.190. The predicted octanol–water partition coefficient (Wildman–Crippen LogP) is 6.13. The van der Waals surface area contributed by atoms with E-state index in [9.17, 15) is 9.59 Å². The quantitative estimate of drug-likeness (QED) is 0.120. The Bertz CT molecular complexity index is 1430. The molecule has 6 nitrogen and oxygen atoms in total. The Balaban J connectivity index is 1.26. The Morgan fingerprint density at radius 3 is 2.13 bits per heavy atom. The molecule has 0 radical (unpaired) electrons. The molecule has 0 aliphatic heterocycles. The van der Waals surface area contributed by atoms with E-state index in [4.69, 9.17) is 9.47 Å². The summed E-state index contributed by atoms with van der Waals surface area (Å²) in [7, 11) is 1.49. The van der Waals surface area contributed by atoms with Gasteiger partial charge in [0.05, 0.1) is 24.8 Å². The fourth-order valence-electron chi connectivity index (χ4n) is 4.70. The topological polar surface area (TPSA) is 77.0 Å². The number of esters is 1.